The van der Waals surface area contributed by atoms with Crippen molar-refractivity contribution in [3.05, 3.63) is 28.3 Å². The Morgan fingerprint density at radius 2 is 2.16 bits per heavy atom. The Balaban J connectivity index is 2.02. The molecule has 0 spiro atoms. The van der Waals surface area contributed by atoms with Gasteiger partial charge in [0.25, 0.3) is 5.69 Å². The molecule has 0 aromatic heterocycles. The summed E-state index contributed by atoms with van der Waals surface area (Å²) in [7, 11) is 0. The van der Waals surface area contributed by atoms with Crippen LogP contribution in [0, 0.1) is 16.0 Å². The van der Waals surface area contributed by atoms with E-state index in [1.165, 1.54) is 12.1 Å². The lowest BCUT2D eigenvalue weighted by Crippen LogP contribution is -2.21. The maximum atomic E-state index is 10.8. The molecule has 0 unspecified atom stereocenters. The average Bonchev–Trinajstić information content (AvgIpc) is 2.45. The van der Waals surface area contributed by atoms with Crippen molar-refractivity contribution in [2.24, 2.45) is 11.8 Å². The van der Waals surface area contributed by atoms with Crippen LogP contribution in [0.15, 0.2) is 18.2 Å². The number of benzene rings is 1. The van der Waals surface area contributed by atoms with Gasteiger partial charge in [-0.1, -0.05) is 0 Å². The minimum atomic E-state index is -0.470. The third-order valence-electron chi connectivity index (χ3n) is 3.10. The molecule has 104 valence electrons. The monoisotopic (exact) mass is 267 g/mol. The van der Waals surface area contributed by atoms with Gasteiger partial charge < -0.3 is 14.9 Å². The van der Waals surface area contributed by atoms with Gasteiger partial charge in [0.1, 0.15) is 5.75 Å². The van der Waals surface area contributed by atoms with Crippen molar-refractivity contribution in [2.75, 3.05) is 25.2 Å². The van der Waals surface area contributed by atoms with Gasteiger partial charge in [-0.05, 0) is 18.8 Å². The van der Waals surface area contributed by atoms with E-state index >= 15 is 0 Å². The van der Waals surface area contributed by atoms with Gasteiger partial charge in [0.15, 0.2) is 0 Å². The van der Waals surface area contributed by atoms with Crippen LogP contribution in [-0.4, -0.2) is 24.7 Å². The number of nitro benzene ring substituents is 1. The number of nitro groups is 1. The first-order valence-corrected chi connectivity index (χ1v) is 6.15. The summed E-state index contributed by atoms with van der Waals surface area (Å²) >= 11 is 0. The topological polar surface area (TPSA) is 99.7 Å². The molecule has 1 saturated heterocycles. The fraction of sp³-hybridized carbons (Fsp3) is 0.500. The number of hydrazine groups is 1. The van der Waals surface area contributed by atoms with E-state index in [9.17, 15) is 10.1 Å². The molecule has 0 bridgehead atoms. The number of nitrogens with two attached hydrogens (primary N) is 1. The summed E-state index contributed by atoms with van der Waals surface area (Å²) in [6.07, 6.45) is 1.91. The maximum Gasteiger partial charge on any atom is 0.275 e. The molecule has 1 aromatic carbocycles. The summed E-state index contributed by atoms with van der Waals surface area (Å²) in [4.78, 5) is 10.3. The van der Waals surface area contributed by atoms with E-state index < -0.39 is 4.92 Å². The Hall–Kier alpha value is -1.86. The zero-order chi connectivity index (χ0) is 13.7. The van der Waals surface area contributed by atoms with Gasteiger partial charge in [-0.3, -0.25) is 16.0 Å². The molecule has 0 atom stereocenters. The molecular weight excluding hydrogens is 250 g/mol. The molecule has 7 nitrogen and oxygen atoms in total. The Bertz CT molecular complexity index is 447. The summed E-state index contributed by atoms with van der Waals surface area (Å²) in [6, 6.07) is 4.41. The molecule has 0 radical (unpaired) electrons. The lowest BCUT2D eigenvalue weighted by atomic mass is 10.0. The van der Waals surface area contributed by atoms with E-state index in [1.54, 1.807) is 6.07 Å². The van der Waals surface area contributed by atoms with Gasteiger partial charge in [-0.15, -0.1) is 0 Å². The Morgan fingerprint density at radius 3 is 2.79 bits per heavy atom. The zero-order valence-electron chi connectivity index (χ0n) is 10.5. The number of nitrogen functional groups attached to an aromatic ring is 1. The highest BCUT2D eigenvalue weighted by atomic mass is 16.6. The number of nitrogens with one attached hydrogen (secondary N) is 1. The van der Waals surface area contributed by atoms with Crippen LogP contribution >= 0.6 is 0 Å². The third kappa shape index (κ3) is 3.80. The summed E-state index contributed by atoms with van der Waals surface area (Å²) in [6.45, 7) is 2.03. The second-order valence-electron chi connectivity index (χ2n) is 4.48. The highest BCUT2D eigenvalue weighted by Crippen LogP contribution is 2.26. The van der Waals surface area contributed by atoms with Crippen LogP contribution in [0.25, 0.3) is 0 Å². The quantitative estimate of drug-likeness (QED) is 0.478. The first-order valence-electron chi connectivity index (χ1n) is 6.15. The van der Waals surface area contributed by atoms with Gasteiger partial charge in [0, 0.05) is 25.3 Å². The number of hydrogen-bond donors (Lipinski definition) is 2. The van der Waals surface area contributed by atoms with Gasteiger partial charge >= 0.3 is 0 Å². The molecule has 0 amide bonds. The molecule has 0 saturated carbocycles. The molecule has 1 fully saturated rings. The van der Waals surface area contributed by atoms with Crippen LogP contribution in [0.3, 0.4) is 0 Å². The molecular formula is C12H17N3O4. The van der Waals surface area contributed by atoms with Crippen LogP contribution in [0.4, 0.5) is 11.4 Å². The Kier molecular flexibility index (Phi) is 4.53. The number of ether oxygens (including phenoxy) is 2. The molecule has 1 aliphatic heterocycles. The normalized spacial score (nSPS) is 16.1. The molecule has 1 aliphatic rings. The van der Waals surface area contributed by atoms with Crippen molar-refractivity contribution in [3.63, 3.8) is 0 Å². The van der Waals surface area contributed by atoms with Crippen LogP contribution in [0.1, 0.15) is 12.8 Å². The largest absolute Gasteiger partial charge is 0.493 e. The van der Waals surface area contributed by atoms with Crippen molar-refractivity contribution in [1.82, 2.24) is 0 Å². The number of anilines is 1. The minimum Gasteiger partial charge on any atom is -0.493 e. The van der Waals surface area contributed by atoms with Gasteiger partial charge in [-0.2, -0.15) is 0 Å². The van der Waals surface area contributed by atoms with E-state index in [1.807, 2.05) is 0 Å². The highest BCUT2D eigenvalue weighted by Gasteiger charge is 2.16. The van der Waals surface area contributed by atoms with E-state index in [2.05, 4.69) is 5.43 Å². The minimum absolute atomic E-state index is 0.0440. The first kappa shape index (κ1) is 13.6. The fourth-order valence-corrected chi connectivity index (χ4v) is 1.98. The van der Waals surface area contributed by atoms with Crippen molar-refractivity contribution < 1.29 is 14.4 Å². The number of hydrogen-bond acceptors (Lipinski definition) is 6. The van der Waals surface area contributed by atoms with Crippen LogP contribution < -0.4 is 16.0 Å². The zero-order valence-corrected chi connectivity index (χ0v) is 10.5. The SMILES string of the molecule is NNc1cc(OCC2CCOCC2)cc([N+](=O)[O-])c1. The maximum absolute atomic E-state index is 10.8. The summed E-state index contributed by atoms with van der Waals surface area (Å²) < 4.78 is 10.9. The van der Waals surface area contributed by atoms with Crippen LogP contribution in [-0.2, 0) is 4.74 Å². The lowest BCUT2D eigenvalue weighted by molar-refractivity contribution is -0.384. The molecule has 2 rings (SSSR count). The molecule has 1 heterocycles. The third-order valence-corrected chi connectivity index (χ3v) is 3.10. The smallest absolute Gasteiger partial charge is 0.275 e. The predicted octanol–water partition coefficient (Wildman–Crippen LogP) is 1.69. The van der Waals surface area contributed by atoms with Crippen LogP contribution in [0.5, 0.6) is 5.75 Å². The standard InChI is InChI=1S/C12H17N3O4/c13-14-10-5-11(15(16)17)7-12(6-10)19-8-9-1-3-18-4-2-9/h5-7,9,14H,1-4,8,13H2. The van der Waals surface area contributed by atoms with Gasteiger partial charge in [-0.25, -0.2) is 0 Å². The molecule has 7 heteroatoms. The Labute approximate surface area is 110 Å². The van der Waals surface area contributed by atoms with Crippen LogP contribution in [0.2, 0.25) is 0 Å². The molecule has 0 aliphatic carbocycles. The van der Waals surface area contributed by atoms with E-state index in [-0.39, 0.29) is 5.69 Å². The van der Waals surface area contributed by atoms with Gasteiger partial charge in [0.2, 0.25) is 0 Å². The predicted molar refractivity (Wildman–Crippen MR) is 69.9 cm³/mol. The second-order valence-corrected chi connectivity index (χ2v) is 4.48. The van der Waals surface area contributed by atoms with Crippen molar-refractivity contribution in [1.29, 1.82) is 0 Å². The molecule has 1 aromatic rings. The number of non-ortho nitro benzene ring substituents is 1. The fourth-order valence-electron chi connectivity index (χ4n) is 1.98. The highest BCUT2D eigenvalue weighted by molar-refractivity contribution is 5.55. The van der Waals surface area contributed by atoms with Crippen molar-refractivity contribution in [3.8, 4) is 5.75 Å². The van der Waals surface area contributed by atoms with Gasteiger partial charge in [0.05, 0.1) is 23.3 Å². The van der Waals surface area contributed by atoms with E-state index in [0.717, 1.165) is 26.1 Å². The van der Waals surface area contributed by atoms with Crippen molar-refractivity contribution >= 4 is 11.4 Å². The van der Waals surface area contributed by atoms with Crippen molar-refractivity contribution in [2.45, 2.75) is 12.8 Å². The number of nitrogens with zero attached hydrogens (tertiary/aromatic N) is 1. The number of rotatable bonds is 5. The summed E-state index contributed by atoms with van der Waals surface area (Å²) in [5.41, 5.74) is 2.81. The summed E-state index contributed by atoms with van der Waals surface area (Å²) in [5.74, 6) is 6.17. The lowest BCUT2D eigenvalue weighted by Gasteiger charge is -2.22. The summed E-state index contributed by atoms with van der Waals surface area (Å²) in [5, 5.41) is 10.8. The second kappa shape index (κ2) is 6.35. The molecule has 3 N–H and O–H groups in total. The average molecular weight is 267 g/mol. The first-order chi connectivity index (χ1) is 9.19. The van der Waals surface area contributed by atoms with E-state index in [4.69, 9.17) is 15.3 Å². The van der Waals surface area contributed by atoms with E-state index in [0.29, 0.717) is 24.0 Å². The Morgan fingerprint density at radius 1 is 1.42 bits per heavy atom. The molecule has 19 heavy (non-hydrogen) atoms.